The molecule has 9 heteroatoms. The summed E-state index contributed by atoms with van der Waals surface area (Å²) in [6.45, 7) is -0.589. The highest BCUT2D eigenvalue weighted by molar-refractivity contribution is 7.17. The first-order valence-electron chi connectivity index (χ1n) is 8.00. The number of halogens is 1. The highest BCUT2D eigenvalue weighted by atomic mass is 32.1. The molecular formula is C19H13FN2O5S. The Hall–Kier alpha value is -3.59. The van der Waals surface area contributed by atoms with Gasteiger partial charge in [0.15, 0.2) is 6.61 Å². The highest BCUT2D eigenvalue weighted by Gasteiger charge is 2.17. The zero-order valence-corrected chi connectivity index (χ0v) is 15.1. The molecule has 0 radical (unpaired) electrons. The number of rotatable bonds is 6. The lowest BCUT2D eigenvalue weighted by atomic mass is 10.2. The normalized spacial score (nSPS) is 10.3. The summed E-state index contributed by atoms with van der Waals surface area (Å²) < 4.78 is 18.0. The van der Waals surface area contributed by atoms with Crippen molar-refractivity contribution in [2.75, 3.05) is 11.9 Å². The van der Waals surface area contributed by atoms with Gasteiger partial charge in [0, 0.05) is 10.9 Å². The van der Waals surface area contributed by atoms with Gasteiger partial charge in [0.25, 0.3) is 11.6 Å². The Balaban J connectivity index is 1.59. The number of nitro benzene ring substituents is 1. The van der Waals surface area contributed by atoms with E-state index in [1.54, 1.807) is 24.3 Å². The van der Waals surface area contributed by atoms with Crippen LogP contribution in [0, 0.1) is 15.9 Å². The second-order valence-corrected chi connectivity index (χ2v) is 6.65. The van der Waals surface area contributed by atoms with Crippen LogP contribution in [0.25, 0.3) is 10.4 Å². The predicted molar refractivity (Wildman–Crippen MR) is 102 cm³/mol. The van der Waals surface area contributed by atoms with Crippen LogP contribution in [0.1, 0.15) is 9.67 Å². The molecule has 0 aliphatic carbocycles. The van der Waals surface area contributed by atoms with E-state index in [1.807, 2.05) is 0 Å². The van der Waals surface area contributed by atoms with Crippen LogP contribution < -0.4 is 5.32 Å². The monoisotopic (exact) mass is 400 g/mol. The summed E-state index contributed by atoms with van der Waals surface area (Å²) in [6.07, 6.45) is 0. The van der Waals surface area contributed by atoms with Gasteiger partial charge in [0.2, 0.25) is 0 Å². The maximum Gasteiger partial charge on any atom is 0.348 e. The Kier molecular flexibility index (Phi) is 5.75. The van der Waals surface area contributed by atoms with Crippen LogP contribution in [0.3, 0.4) is 0 Å². The fraction of sp³-hybridized carbons (Fsp3) is 0.0526. The van der Waals surface area contributed by atoms with Gasteiger partial charge in [0.1, 0.15) is 16.4 Å². The van der Waals surface area contributed by atoms with E-state index in [2.05, 4.69) is 5.32 Å². The third kappa shape index (κ3) is 4.57. The van der Waals surface area contributed by atoms with E-state index >= 15 is 0 Å². The summed E-state index contributed by atoms with van der Waals surface area (Å²) in [6, 6.07) is 14.7. The second kappa shape index (κ2) is 8.40. The molecule has 1 N–H and O–H groups in total. The van der Waals surface area contributed by atoms with Crippen LogP contribution in [-0.4, -0.2) is 23.4 Å². The molecule has 3 aromatic rings. The van der Waals surface area contributed by atoms with Gasteiger partial charge in [-0.05, 0) is 35.9 Å². The van der Waals surface area contributed by atoms with Crippen LogP contribution in [0.4, 0.5) is 15.8 Å². The largest absolute Gasteiger partial charge is 0.451 e. The molecule has 142 valence electrons. The minimum absolute atomic E-state index is 0.0169. The molecule has 28 heavy (non-hydrogen) atoms. The fourth-order valence-electron chi connectivity index (χ4n) is 2.34. The number of nitro groups is 1. The van der Waals surface area contributed by atoms with E-state index in [4.69, 9.17) is 4.74 Å². The number of esters is 1. The Morgan fingerprint density at radius 3 is 2.50 bits per heavy atom. The minimum Gasteiger partial charge on any atom is -0.451 e. The average molecular weight is 400 g/mol. The number of anilines is 1. The van der Waals surface area contributed by atoms with Crippen LogP contribution >= 0.6 is 11.3 Å². The molecule has 0 spiro atoms. The van der Waals surface area contributed by atoms with Crippen molar-refractivity contribution in [3.63, 3.8) is 0 Å². The number of benzene rings is 2. The Morgan fingerprint density at radius 1 is 1.07 bits per heavy atom. The highest BCUT2D eigenvalue weighted by Crippen LogP contribution is 2.28. The van der Waals surface area contributed by atoms with E-state index in [0.717, 1.165) is 21.8 Å². The Bertz CT molecular complexity index is 1030. The van der Waals surface area contributed by atoms with Crippen molar-refractivity contribution in [3.05, 3.63) is 81.5 Å². The molecule has 2 aromatic carbocycles. The second-order valence-electron chi connectivity index (χ2n) is 5.57. The summed E-state index contributed by atoms with van der Waals surface area (Å²) in [5.41, 5.74) is 0.507. The van der Waals surface area contributed by atoms with Crippen molar-refractivity contribution < 1.29 is 23.6 Å². The van der Waals surface area contributed by atoms with Crippen molar-refractivity contribution in [1.29, 1.82) is 0 Å². The number of amides is 1. The molecule has 0 fully saturated rings. The van der Waals surface area contributed by atoms with Gasteiger partial charge in [-0.15, -0.1) is 11.3 Å². The third-order valence-corrected chi connectivity index (χ3v) is 4.76. The number of nitrogens with zero attached hydrogens (tertiary/aromatic N) is 1. The Labute approximate surface area is 162 Å². The van der Waals surface area contributed by atoms with Crippen molar-refractivity contribution in [2.24, 2.45) is 0 Å². The van der Waals surface area contributed by atoms with Crippen LogP contribution in [0.5, 0.6) is 0 Å². The number of hydrogen-bond acceptors (Lipinski definition) is 6. The number of para-hydroxylation sites is 2. The number of carbonyl (C=O) groups excluding carboxylic acids is 2. The molecule has 0 bridgehead atoms. The molecule has 7 nitrogen and oxygen atoms in total. The first kappa shape index (κ1) is 19.2. The van der Waals surface area contributed by atoms with Crippen molar-refractivity contribution in [1.82, 2.24) is 0 Å². The maximum absolute atomic E-state index is 13.0. The zero-order valence-electron chi connectivity index (χ0n) is 14.3. The fourth-order valence-corrected chi connectivity index (χ4v) is 3.25. The maximum atomic E-state index is 13.0. The summed E-state index contributed by atoms with van der Waals surface area (Å²) >= 11 is 1.14. The minimum atomic E-state index is -0.698. The molecule has 1 heterocycles. The summed E-state index contributed by atoms with van der Waals surface area (Å²) in [4.78, 5) is 35.4. The van der Waals surface area contributed by atoms with E-state index in [-0.39, 0.29) is 22.1 Å². The van der Waals surface area contributed by atoms with Gasteiger partial charge in [-0.3, -0.25) is 14.9 Å². The number of nitrogens with one attached hydrogen (secondary N) is 1. The number of hydrogen-bond donors (Lipinski definition) is 1. The molecule has 3 rings (SSSR count). The van der Waals surface area contributed by atoms with Gasteiger partial charge in [0.05, 0.1) is 4.92 Å². The van der Waals surface area contributed by atoms with Gasteiger partial charge < -0.3 is 10.1 Å². The lowest BCUT2D eigenvalue weighted by Crippen LogP contribution is -2.21. The van der Waals surface area contributed by atoms with E-state index in [0.29, 0.717) is 0 Å². The molecule has 0 atom stereocenters. The first-order valence-corrected chi connectivity index (χ1v) is 8.82. The van der Waals surface area contributed by atoms with E-state index in [1.165, 1.54) is 36.4 Å². The molecule has 0 saturated heterocycles. The molecule has 1 amide bonds. The number of thiophene rings is 1. The van der Waals surface area contributed by atoms with Crippen molar-refractivity contribution >= 4 is 34.6 Å². The van der Waals surface area contributed by atoms with Gasteiger partial charge >= 0.3 is 5.97 Å². The van der Waals surface area contributed by atoms with Crippen LogP contribution in [0.2, 0.25) is 0 Å². The Morgan fingerprint density at radius 2 is 1.79 bits per heavy atom. The summed E-state index contributed by atoms with van der Waals surface area (Å²) in [5.74, 6) is -1.75. The van der Waals surface area contributed by atoms with Gasteiger partial charge in [-0.25, -0.2) is 9.18 Å². The zero-order chi connectivity index (χ0) is 20.1. The number of ether oxygens (including phenoxy) is 1. The molecular weight excluding hydrogens is 387 g/mol. The topological polar surface area (TPSA) is 98.5 Å². The van der Waals surface area contributed by atoms with E-state index in [9.17, 15) is 24.1 Å². The SMILES string of the molecule is O=C(COC(=O)c1ccc(-c2ccc(F)cc2)s1)Nc1ccccc1[N+](=O)[O-]. The van der Waals surface area contributed by atoms with Gasteiger partial charge in [-0.1, -0.05) is 24.3 Å². The summed E-state index contributed by atoms with van der Waals surface area (Å²) in [7, 11) is 0. The van der Waals surface area contributed by atoms with Crippen molar-refractivity contribution in [2.45, 2.75) is 0 Å². The smallest absolute Gasteiger partial charge is 0.348 e. The molecule has 0 saturated carbocycles. The van der Waals surface area contributed by atoms with E-state index < -0.39 is 23.4 Å². The van der Waals surface area contributed by atoms with Crippen LogP contribution in [0.15, 0.2) is 60.7 Å². The molecule has 0 aliphatic heterocycles. The molecule has 0 aliphatic rings. The molecule has 1 aromatic heterocycles. The summed E-state index contributed by atoms with van der Waals surface area (Å²) in [5, 5.41) is 13.3. The average Bonchev–Trinajstić information content (AvgIpc) is 3.17. The first-order chi connectivity index (χ1) is 13.4. The standard InChI is InChI=1S/C19H13FN2O5S/c20-13-7-5-12(6-8-13)16-9-10-17(28-16)19(24)27-11-18(23)21-14-3-1-2-4-15(14)22(25)26/h1-10H,11H2,(H,21,23). The van der Waals surface area contributed by atoms with Crippen molar-refractivity contribution in [3.8, 4) is 10.4 Å². The lowest BCUT2D eigenvalue weighted by molar-refractivity contribution is -0.383. The third-order valence-electron chi connectivity index (χ3n) is 3.65. The van der Waals surface area contributed by atoms with Crippen LogP contribution in [-0.2, 0) is 9.53 Å². The lowest BCUT2D eigenvalue weighted by Gasteiger charge is -2.06. The molecule has 0 unspecified atom stereocenters. The number of carbonyl (C=O) groups is 2. The quantitative estimate of drug-likeness (QED) is 0.379. The van der Waals surface area contributed by atoms with Gasteiger partial charge in [-0.2, -0.15) is 0 Å². The predicted octanol–water partition coefficient (Wildman–Crippen LogP) is 4.26.